The van der Waals surface area contributed by atoms with Crippen LogP contribution >= 0.6 is 11.6 Å². The lowest BCUT2D eigenvalue weighted by Gasteiger charge is -2.20. The number of halogens is 1. The first-order valence-electron chi connectivity index (χ1n) is 9.11. The Hall–Kier alpha value is -3.26. The van der Waals surface area contributed by atoms with Gasteiger partial charge in [0.25, 0.3) is 5.91 Å². The van der Waals surface area contributed by atoms with Gasteiger partial charge in [0.1, 0.15) is 0 Å². The van der Waals surface area contributed by atoms with E-state index in [1.165, 1.54) is 21.3 Å². The van der Waals surface area contributed by atoms with Crippen LogP contribution in [0.4, 0.5) is 5.69 Å². The van der Waals surface area contributed by atoms with Crippen molar-refractivity contribution >= 4 is 34.8 Å². The van der Waals surface area contributed by atoms with Crippen molar-refractivity contribution in [1.29, 1.82) is 0 Å². The minimum atomic E-state index is -1.38. The smallest absolute Gasteiger partial charge is 0.281 e. The number of carbonyl (C=O) groups is 2. The Morgan fingerprint density at radius 3 is 2.30 bits per heavy atom. The van der Waals surface area contributed by atoms with Crippen LogP contribution in [0.1, 0.15) is 18.4 Å². The Bertz CT molecular complexity index is 1050. The molecule has 2 aromatic rings. The van der Waals surface area contributed by atoms with Crippen molar-refractivity contribution in [2.75, 3.05) is 26.2 Å². The third-order valence-corrected chi connectivity index (χ3v) is 5.41. The first kappa shape index (κ1) is 20.0. The number of amides is 2. The van der Waals surface area contributed by atoms with Crippen LogP contribution in [0, 0.1) is 0 Å². The molecule has 30 heavy (non-hydrogen) atoms. The van der Waals surface area contributed by atoms with Crippen molar-refractivity contribution in [3.05, 3.63) is 47.0 Å². The topological polar surface area (TPSA) is 86.7 Å². The molecule has 0 radical (unpaired) electrons. The molecule has 0 aliphatic carbocycles. The van der Waals surface area contributed by atoms with Gasteiger partial charge in [0.2, 0.25) is 17.3 Å². The number of ether oxygens (including phenoxy) is 3. The first-order valence-corrected chi connectivity index (χ1v) is 9.49. The molecule has 0 N–H and O–H groups in total. The highest BCUT2D eigenvalue weighted by molar-refractivity contribution is 6.31. The summed E-state index contributed by atoms with van der Waals surface area (Å²) in [5, 5.41) is 4.64. The lowest BCUT2D eigenvalue weighted by atomic mass is 9.92. The second-order valence-corrected chi connectivity index (χ2v) is 7.31. The van der Waals surface area contributed by atoms with Crippen LogP contribution in [0.2, 0.25) is 5.02 Å². The Morgan fingerprint density at radius 2 is 1.67 bits per heavy atom. The predicted molar refractivity (Wildman–Crippen MR) is 110 cm³/mol. The van der Waals surface area contributed by atoms with Crippen molar-refractivity contribution in [3.63, 3.8) is 0 Å². The predicted octanol–water partition coefficient (Wildman–Crippen LogP) is 3.19. The maximum atomic E-state index is 13.2. The quantitative estimate of drug-likeness (QED) is 0.677. The molecule has 2 aromatic carbocycles. The summed E-state index contributed by atoms with van der Waals surface area (Å²) < 4.78 is 16.2. The van der Waals surface area contributed by atoms with E-state index in [0.29, 0.717) is 39.2 Å². The normalized spacial score (nSPS) is 20.4. The average molecular weight is 431 g/mol. The average Bonchev–Trinajstić information content (AvgIpc) is 3.28. The SMILES string of the molecule is COc1ccc(C2=NO[C@]3(CC(=O)N(c4ccc(Cl)cc4)C3=O)C2)c(OC)c1OC. The fourth-order valence-corrected chi connectivity index (χ4v) is 3.85. The zero-order chi connectivity index (χ0) is 21.5. The van der Waals surface area contributed by atoms with Crippen LogP contribution < -0.4 is 19.1 Å². The molecule has 2 aliphatic heterocycles. The molecule has 2 aliphatic rings. The molecule has 9 heteroatoms. The molecule has 1 atom stereocenters. The summed E-state index contributed by atoms with van der Waals surface area (Å²) in [5.41, 5.74) is 0.126. The van der Waals surface area contributed by atoms with Gasteiger partial charge in [0, 0.05) is 17.0 Å². The van der Waals surface area contributed by atoms with E-state index in [0.717, 1.165) is 4.90 Å². The number of anilines is 1. The van der Waals surface area contributed by atoms with Gasteiger partial charge in [0.15, 0.2) is 11.5 Å². The summed E-state index contributed by atoms with van der Waals surface area (Å²) in [6.07, 6.45) is 0.00453. The van der Waals surface area contributed by atoms with Crippen LogP contribution in [0.25, 0.3) is 0 Å². The number of benzene rings is 2. The summed E-state index contributed by atoms with van der Waals surface area (Å²) >= 11 is 5.91. The van der Waals surface area contributed by atoms with Gasteiger partial charge in [-0.3, -0.25) is 9.59 Å². The number of hydrogen-bond donors (Lipinski definition) is 0. The molecule has 0 aromatic heterocycles. The van der Waals surface area contributed by atoms with Gasteiger partial charge in [0.05, 0.1) is 39.1 Å². The summed E-state index contributed by atoms with van der Waals surface area (Å²) in [5.74, 6) is 0.472. The van der Waals surface area contributed by atoms with Gasteiger partial charge in [-0.25, -0.2) is 4.90 Å². The number of imide groups is 1. The van der Waals surface area contributed by atoms with Crippen LogP contribution in [0.15, 0.2) is 41.6 Å². The van der Waals surface area contributed by atoms with Crippen LogP contribution in [-0.4, -0.2) is 44.5 Å². The third kappa shape index (κ3) is 3.04. The molecular weight excluding hydrogens is 412 g/mol. The fraction of sp³-hybridized carbons (Fsp3) is 0.286. The van der Waals surface area contributed by atoms with Crippen LogP contribution in [0.5, 0.6) is 17.2 Å². The number of methoxy groups -OCH3 is 3. The third-order valence-electron chi connectivity index (χ3n) is 5.16. The lowest BCUT2D eigenvalue weighted by Crippen LogP contribution is -2.40. The fourth-order valence-electron chi connectivity index (χ4n) is 3.73. The number of hydrogen-bond acceptors (Lipinski definition) is 7. The number of rotatable bonds is 5. The summed E-state index contributed by atoms with van der Waals surface area (Å²) in [6.45, 7) is 0. The molecule has 2 heterocycles. The highest BCUT2D eigenvalue weighted by atomic mass is 35.5. The molecule has 1 fully saturated rings. The molecule has 1 saturated heterocycles. The van der Waals surface area contributed by atoms with Crippen LogP contribution in [0.3, 0.4) is 0 Å². The molecule has 1 spiro atoms. The van der Waals surface area contributed by atoms with Gasteiger partial charge in [-0.05, 0) is 36.4 Å². The van der Waals surface area contributed by atoms with Gasteiger partial charge >= 0.3 is 0 Å². The molecule has 2 amide bonds. The van der Waals surface area contributed by atoms with Gasteiger partial charge in [-0.2, -0.15) is 0 Å². The number of nitrogens with zero attached hydrogens (tertiary/aromatic N) is 2. The standard InChI is InChI=1S/C21H19ClN2O6/c1-27-16-9-8-14(18(28-2)19(16)29-3)15-10-21(30-23-15)11-17(25)24(20(21)26)13-6-4-12(22)5-7-13/h4-9H,10-11H2,1-3H3/t21-/m0/s1. The summed E-state index contributed by atoms with van der Waals surface area (Å²) in [6, 6.07) is 9.94. The van der Waals surface area contributed by atoms with E-state index in [4.69, 9.17) is 30.6 Å². The zero-order valence-corrected chi connectivity index (χ0v) is 17.4. The highest BCUT2D eigenvalue weighted by Crippen LogP contribution is 2.44. The van der Waals surface area contributed by atoms with Crippen LogP contribution in [-0.2, 0) is 14.4 Å². The van der Waals surface area contributed by atoms with Gasteiger partial charge in [-0.1, -0.05) is 16.8 Å². The van der Waals surface area contributed by atoms with E-state index in [2.05, 4.69) is 5.16 Å². The van der Waals surface area contributed by atoms with Crippen molar-refractivity contribution in [2.24, 2.45) is 5.16 Å². The Morgan fingerprint density at radius 1 is 0.967 bits per heavy atom. The molecule has 0 unspecified atom stereocenters. The minimum absolute atomic E-state index is 0.114. The van der Waals surface area contributed by atoms with Gasteiger partial charge in [-0.15, -0.1) is 0 Å². The monoisotopic (exact) mass is 430 g/mol. The van der Waals surface area contributed by atoms with Crippen molar-refractivity contribution in [3.8, 4) is 17.2 Å². The molecule has 4 rings (SSSR count). The zero-order valence-electron chi connectivity index (χ0n) is 16.6. The summed E-state index contributed by atoms with van der Waals surface area (Å²) in [4.78, 5) is 32.5. The highest BCUT2D eigenvalue weighted by Gasteiger charge is 2.58. The molecule has 0 saturated carbocycles. The first-order chi connectivity index (χ1) is 14.4. The van der Waals surface area contributed by atoms with E-state index in [1.807, 2.05) is 0 Å². The second kappa shape index (κ2) is 7.53. The molecule has 156 valence electrons. The molecule has 8 nitrogen and oxygen atoms in total. The number of oxime groups is 1. The van der Waals surface area contributed by atoms with Crippen molar-refractivity contribution in [2.45, 2.75) is 18.4 Å². The second-order valence-electron chi connectivity index (χ2n) is 6.87. The molecular formula is C21H19ClN2O6. The Balaban J connectivity index is 1.65. The van der Waals surface area contributed by atoms with E-state index < -0.39 is 11.5 Å². The van der Waals surface area contributed by atoms with E-state index in [1.54, 1.807) is 36.4 Å². The molecule has 0 bridgehead atoms. The lowest BCUT2D eigenvalue weighted by molar-refractivity contribution is -0.136. The van der Waals surface area contributed by atoms with E-state index in [-0.39, 0.29) is 18.7 Å². The largest absolute Gasteiger partial charge is 0.493 e. The minimum Gasteiger partial charge on any atom is -0.493 e. The maximum absolute atomic E-state index is 13.2. The van der Waals surface area contributed by atoms with E-state index in [9.17, 15) is 9.59 Å². The van der Waals surface area contributed by atoms with E-state index >= 15 is 0 Å². The maximum Gasteiger partial charge on any atom is 0.281 e. The van der Waals surface area contributed by atoms with Crippen molar-refractivity contribution in [1.82, 2.24) is 0 Å². The summed E-state index contributed by atoms with van der Waals surface area (Å²) in [7, 11) is 4.53. The Kier molecular flexibility index (Phi) is 5.03. The number of carbonyl (C=O) groups excluding carboxylic acids is 2. The van der Waals surface area contributed by atoms with Gasteiger partial charge < -0.3 is 19.0 Å². The van der Waals surface area contributed by atoms with Crippen molar-refractivity contribution < 1.29 is 28.6 Å². The Labute approximate surface area is 177 Å².